The van der Waals surface area contributed by atoms with E-state index in [-0.39, 0.29) is 32.5 Å². The van der Waals surface area contributed by atoms with Crippen LogP contribution in [0.4, 0.5) is 13.2 Å². The highest BCUT2D eigenvalue weighted by atomic mass is 35.5. The Morgan fingerprint density at radius 3 is 2.38 bits per heavy atom. The van der Waals surface area contributed by atoms with Crippen LogP contribution < -0.4 is 0 Å². The van der Waals surface area contributed by atoms with Crippen LogP contribution in [0.3, 0.4) is 0 Å². The van der Waals surface area contributed by atoms with Crippen LogP contribution in [0.15, 0.2) is 30.3 Å². The highest BCUT2D eigenvalue weighted by Crippen LogP contribution is 2.32. The zero-order chi connectivity index (χ0) is 15.1. The molecule has 0 aliphatic heterocycles. The van der Waals surface area contributed by atoms with E-state index in [4.69, 9.17) is 23.2 Å². The summed E-state index contributed by atoms with van der Waals surface area (Å²) < 4.78 is 40.9. The van der Waals surface area contributed by atoms with Crippen LogP contribution in [0.25, 0.3) is 22.3 Å². The molecule has 2 aromatic carbocycles. The van der Waals surface area contributed by atoms with Crippen LogP contribution >= 0.6 is 23.2 Å². The fourth-order valence-corrected chi connectivity index (χ4v) is 2.49. The first kappa shape index (κ1) is 14.1. The fourth-order valence-electron chi connectivity index (χ4n) is 1.92. The van der Waals surface area contributed by atoms with Crippen LogP contribution in [0.1, 0.15) is 0 Å². The molecule has 0 saturated carbocycles. The second-order valence-electron chi connectivity index (χ2n) is 4.19. The smallest absolute Gasteiger partial charge is 0.169 e. The first-order valence-electron chi connectivity index (χ1n) is 5.74. The third kappa shape index (κ3) is 2.32. The number of hydrogen-bond donors (Lipinski definition) is 0. The van der Waals surface area contributed by atoms with Crippen LogP contribution in [-0.2, 0) is 0 Å². The summed E-state index contributed by atoms with van der Waals surface area (Å²) in [6.07, 6.45) is 0. The maximum atomic E-state index is 13.8. The zero-order valence-electron chi connectivity index (χ0n) is 10.2. The molecule has 1 aromatic heterocycles. The second-order valence-corrected chi connectivity index (χ2v) is 4.96. The van der Waals surface area contributed by atoms with E-state index in [0.29, 0.717) is 0 Å². The highest BCUT2D eigenvalue weighted by Gasteiger charge is 2.17. The minimum absolute atomic E-state index is 0.124. The second kappa shape index (κ2) is 5.16. The Kier molecular flexibility index (Phi) is 3.47. The van der Waals surface area contributed by atoms with Gasteiger partial charge in [0.25, 0.3) is 0 Å². The molecular weight excluding hydrogens is 324 g/mol. The molecule has 0 unspecified atom stereocenters. The monoisotopic (exact) mass is 328 g/mol. The van der Waals surface area contributed by atoms with E-state index in [1.54, 1.807) is 0 Å². The molecule has 0 atom stereocenters. The van der Waals surface area contributed by atoms with Crippen molar-refractivity contribution in [2.45, 2.75) is 0 Å². The Bertz CT molecular complexity index is 868. The van der Waals surface area contributed by atoms with Crippen LogP contribution in [0, 0.1) is 17.5 Å². The Morgan fingerprint density at radius 1 is 0.857 bits per heavy atom. The number of aromatic nitrogens is 2. The molecule has 0 spiro atoms. The first-order valence-corrected chi connectivity index (χ1v) is 6.50. The molecule has 21 heavy (non-hydrogen) atoms. The van der Waals surface area contributed by atoms with Gasteiger partial charge in [-0.25, -0.2) is 23.1 Å². The number of nitrogens with zero attached hydrogens (tertiary/aromatic N) is 2. The van der Waals surface area contributed by atoms with Crippen molar-refractivity contribution in [2.75, 3.05) is 0 Å². The molecule has 0 saturated heterocycles. The summed E-state index contributed by atoms with van der Waals surface area (Å²) in [6, 6.07) is 5.96. The molecule has 0 bridgehead atoms. The van der Waals surface area contributed by atoms with Gasteiger partial charge in [0.1, 0.15) is 16.5 Å². The number of rotatable bonds is 1. The lowest BCUT2D eigenvalue weighted by atomic mass is 10.1. The van der Waals surface area contributed by atoms with Gasteiger partial charge in [-0.05, 0) is 24.3 Å². The fraction of sp³-hybridized carbons (Fsp3) is 0. The van der Waals surface area contributed by atoms with E-state index < -0.39 is 17.5 Å². The summed E-state index contributed by atoms with van der Waals surface area (Å²) in [4.78, 5) is 7.78. The van der Waals surface area contributed by atoms with Gasteiger partial charge in [-0.2, -0.15) is 0 Å². The maximum absolute atomic E-state index is 13.8. The minimum Gasteiger partial charge on any atom is -0.225 e. The molecule has 0 amide bonds. The maximum Gasteiger partial charge on any atom is 0.169 e. The molecule has 7 heteroatoms. The van der Waals surface area contributed by atoms with Gasteiger partial charge in [0.2, 0.25) is 0 Å². The van der Waals surface area contributed by atoms with Gasteiger partial charge in [0.05, 0.1) is 16.0 Å². The van der Waals surface area contributed by atoms with Crippen molar-refractivity contribution in [3.8, 4) is 11.4 Å². The van der Waals surface area contributed by atoms with Crippen molar-refractivity contribution >= 4 is 34.1 Å². The zero-order valence-corrected chi connectivity index (χ0v) is 11.7. The van der Waals surface area contributed by atoms with E-state index >= 15 is 0 Å². The van der Waals surface area contributed by atoms with Gasteiger partial charge in [0.15, 0.2) is 17.5 Å². The Balaban J connectivity index is 2.36. The normalized spacial score (nSPS) is 11.1. The largest absolute Gasteiger partial charge is 0.225 e. The molecule has 0 fully saturated rings. The highest BCUT2D eigenvalue weighted by molar-refractivity contribution is 6.41. The van der Waals surface area contributed by atoms with E-state index in [2.05, 4.69) is 9.97 Å². The van der Waals surface area contributed by atoms with Crippen molar-refractivity contribution in [3.05, 3.63) is 58.0 Å². The van der Waals surface area contributed by atoms with Crippen molar-refractivity contribution in [1.29, 1.82) is 0 Å². The van der Waals surface area contributed by atoms with E-state index in [9.17, 15) is 13.2 Å². The molecule has 0 N–H and O–H groups in total. The van der Waals surface area contributed by atoms with Crippen LogP contribution in [0.2, 0.25) is 10.2 Å². The summed E-state index contributed by atoms with van der Waals surface area (Å²) in [7, 11) is 0. The Hall–Kier alpha value is -1.85. The third-order valence-corrected chi connectivity index (χ3v) is 3.49. The number of hydrogen-bond acceptors (Lipinski definition) is 2. The predicted octanol–water partition coefficient (Wildman–Crippen LogP) is 5.02. The molecule has 3 rings (SSSR count). The van der Waals surface area contributed by atoms with Crippen molar-refractivity contribution in [2.24, 2.45) is 0 Å². The summed E-state index contributed by atoms with van der Waals surface area (Å²) in [5, 5.41) is 0.157. The number of benzene rings is 2. The molecule has 106 valence electrons. The summed E-state index contributed by atoms with van der Waals surface area (Å²) in [5.74, 6) is -3.09. The third-order valence-electron chi connectivity index (χ3n) is 2.90. The Labute approximate surface area is 127 Å². The van der Waals surface area contributed by atoms with Crippen molar-refractivity contribution in [1.82, 2.24) is 9.97 Å². The SMILES string of the molecule is Fc1cccc(-c2nc(Cl)c3c(Cl)ccc(F)c3n2)c1F. The average molecular weight is 329 g/mol. The molecule has 1 heterocycles. The predicted molar refractivity (Wildman–Crippen MR) is 74.9 cm³/mol. The minimum atomic E-state index is -1.13. The standard InChI is InChI=1S/C14H5Cl2F3N2/c15-7-4-5-9(18)12-10(7)13(16)21-14(20-12)6-2-1-3-8(17)11(6)19/h1-5H. The lowest BCUT2D eigenvalue weighted by molar-refractivity contribution is 0.510. The molecule has 3 aromatic rings. The summed E-state index contributed by atoms with van der Waals surface area (Å²) >= 11 is 11.9. The summed E-state index contributed by atoms with van der Waals surface area (Å²) in [5.41, 5.74) is -0.362. The molecule has 0 aliphatic carbocycles. The van der Waals surface area contributed by atoms with Crippen LogP contribution in [-0.4, -0.2) is 9.97 Å². The summed E-state index contributed by atoms with van der Waals surface area (Å²) in [6.45, 7) is 0. The van der Waals surface area contributed by atoms with Gasteiger partial charge in [-0.15, -0.1) is 0 Å². The molecule has 2 nitrogen and oxygen atoms in total. The van der Waals surface area contributed by atoms with Crippen molar-refractivity contribution in [3.63, 3.8) is 0 Å². The Morgan fingerprint density at radius 2 is 1.62 bits per heavy atom. The van der Waals surface area contributed by atoms with Gasteiger partial charge >= 0.3 is 0 Å². The van der Waals surface area contributed by atoms with Crippen molar-refractivity contribution < 1.29 is 13.2 Å². The van der Waals surface area contributed by atoms with E-state index in [1.807, 2.05) is 0 Å². The quantitative estimate of drug-likeness (QED) is 0.586. The lowest BCUT2D eigenvalue weighted by Gasteiger charge is -2.07. The molecule has 0 radical (unpaired) electrons. The van der Waals surface area contributed by atoms with Gasteiger partial charge in [0, 0.05) is 0 Å². The van der Waals surface area contributed by atoms with Gasteiger partial charge < -0.3 is 0 Å². The van der Waals surface area contributed by atoms with Crippen LogP contribution in [0.5, 0.6) is 0 Å². The molecular formula is C14H5Cl2F3N2. The van der Waals surface area contributed by atoms with E-state index in [0.717, 1.165) is 12.1 Å². The molecule has 0 aliphatic rings. The van der Waals surface area contributed by atoms with Gasteiger partial charge in [-0.3, -0.25) is 0 Å². The number of fused-ring (bicyclic) bond motifs is 1. The van der Waals surface area contributed by atoms with Gasteiger partial charge in [-0.1, -0.05) is 29.3 Å². The average Bonchev–Trinajstić information content (AvgIpc) is 2.45. The first-order chi connectivity index (χ1) is 9.99. The topological polar surface area (TPSA) is 25.8 Å². The number of halogens is 5. The van der Waals surface area contributed by atoms with E-state index in [1.165, 1.54) is 18.2 Å². The lowest BCUT2D eigenvalue weighted by Crippen LogP contribution is -1.98.